The first kappa shape index (κ1) is 14.4. The smallest absolute Gasteiger partial charge is 0.337 e. The quantitative estimate of drug-likeness (QED) is 0.758. The van der Waals surface area contributed by atoms with Crippen LogP contribution < -0.4 is 11.1 Å². The molecule has 2 aromatic rings. The molecule has 2 aromatic carbocycles. The van der Waals surface area contributed by atoms with Gasteiger partial charge in [0, 0.05) is 5.69 Å². The van der Waals surface area contributed by atoms with Crippen LogP contribution in [0, 0.1) is 11.6 Å². The monoisotopic (exact) mass is 292 g/mol. The van der Waals surface area contributed by atoms with E-state index in [4.69, 9.17) is 10.8 Å². The standard InChI is InChI=1S/C14H10F2N2O3/c15-10-3-1-2-9(12(10)16)13(19)18-11-6-7(17)4-5-8(11)14(20)21/h1-6H,17H2,(H,18,19)(H,20,21). The highest BCUT2D eigenvalue weighted by Gasteiger charge is 2.18. The average molecular weight is 292 g/mol. The summed E-state index contributed by atoms with van der Waals surface area (Å²) in [4.78, 5) is 23.0. The molecule has 1 amide bonds. The number of hydrogen-bond donors (Lipinski definition) is 3. The van der Waals surface area contributed by atoms with Crippen molar-refractivity contribution in [2.24, 2.45) is 0 Å². The van der Waals surface area contributed by atoms with E-state index in [0.717, 1.165) is 12.1 Å². The van der Waals surface area contributed by atoms with E-state index in [9.17, 15) is 18.4 Å². The molecule has 108 valence electrons. The molecule has 0 spiro atoms. The molecule has 0 aromatic heterocycles. The fourth-order valence-electron chi connectivity index (χ4n) is 1.72. The summed E-state index contributed by atoms with van der Waals surface area (Å²) >= 11 is 0. The van der Waals surface area contributed by atoms with Crippen molar-refractivity contribution in [3.63, 3.8) is 0 Å². The minimum atomic E-state index is -1.31. The number of anilines is 2. The maximum atomic E-state index is 13.5. The zero-order chi connectivity index (χ0) is 15.6. The van der Waals surface area contributed by atoms with E-state index in [0.29, 0.717) is 0 Å². The highest BCUT2D eigenvalue weighted by Crippen LogP contribution is 2.21. The van der Waals surface area contributed by atoms with Gasteiger partial charge in [0.25, 0.3) is 5.91 Å². The minimum absolute atomic E-state index is 0.101. The van der Waals surface area contributed by atoms with Gasteiger partial charge in [-0.15, -0.1) is 0 Å². The number of aromatic carboxylic acids is 1. The third-order valence-electron chi connectivity index (χ3n) is 2.72. The Morgan fingerprint density at radius 3 is 2.48 bits per heavy atom. The van der Waals surface area contributed by atoms with E-state index in [2.05, 4.69) is 5.32 Å². The van der Waals surface area contributed by atoms with Crippen molar-refractivity contribution in [2.75, 3.05) is 11.1 Å². The van der Waals surface area contributed by atoms with E-state index in [1.54, 1.807) is 0 Å². The van der Waals surface area contributed by atoms with Crippen LogP contribution >= 0.6 is 0 Å². The number of nitrogens with two attached hydrogens (primary N) is 1. The summed E-state index contributed by atoms with van der Waals surface area (Å²) in [5, 5.41) is 11.2. The summed E-state index contributed by atoms with van der Waals surface area (Å²) in [6.45, 7) is 0. The number of amides is 1. The lowest BCUT2D eigenvalue weighted by atomic mass is 10.1. The summed E-state index contributed by atoms with van der Waals surface area (Å²) < 4.78 is 26.6. The molecule has 2 rings (SSSR count). The molecule has 21 heavy (non-hydrogen) atoms. The lowest BCUT2D eigenvalue weighted by molar-refractivity contribution is 0.0698. The van der Waals surface area contributed by atoms with Crippen molar-refractivity contribution in [2.45, 2.75) is 0 Å². The Labute approximate surface area is 118 Å². The van der Waals surface area contributed by atoms with E-state index >= 15 is 0 Å². The number of carboxylic acid groups (broad SMARTS) is 1. The van der Waals surface area contributed by atoms with Gasteiger partial charge in [-0.05, 0) is 30.3 Å². The average Bonchev–Trinajstić information content (AvgIpc) is 2.41. The molecule has 7 heteroatoms. The van der Waals surface area contributed by atoms with Gasteiger partial charge in [0.15, 0.2) is 11.6 Å². The fourth-order valence-corrected chi connectivity index (χ4v) is 1.72. The first-order valence-electron chi connectivity index (χ1n) is 5.78. The summed E-state index contributed by atoms with van der Waals surface area (Å²) in [5.74, 6) is -4.74. The van der Waals surface area contributed by atoms with E-state index in [-0.39, 0.29) is 16.9 Å². The maximum Gasteiger partial charge on any atom is 0.337 e. The number of halogens is 2. The zero-order valence-electron chi connectivity index (χ0n) is 10.6. The second-order valence-corrected chi connectivity index (χ2v) is 4.17. The first-order chi connectivity index (χ1) is 9.90. The Bertz CT molecular complexity index is 732. The van der Waals surface area contributed by atoms with Crippen LogP contribution in [0.4, 0.5) is 20.2 Å². The van der Waals surface area contributed by atoms with Gasteiger partial charge in [0.1, 0.15) is 0 Å². The van der Waals surface area contributed by atoms with Gasteiger partial charge in [-0.25, -0.2) is 13.6 Å². The maximum absolute atomic E-state index is 13.5. The number of benzene rings is 2. The van der Waals surface area contributed by atoms with Crippen molar-refractivity contribution in [1.82, 2.24) is 0 Å². The van der Waals surface area contributed by atoms with Gasteiger partial charge in [-0.3, -0.25) is 4.79 Å². The number of hydrogen-bond acceptors (Lipinski definition) is 3. The van der Waals surface area contributed by atoms with Gasteiger partial charge in [0.2, 0.25) is 0 Å². The Hall–Kier alpha value is -2.96. The third-order valence-corrected chi connectivity index (χ3v) is 2.72. The van der Waals surface area contributed by atoms with Crippen molar-refractivity contribution in [1.29, 1.82) is 0 Å². The summed E-state index contributed by atoms with van der Waals surface area (Å²) in [7, 11) is 0. The second-order valence-electron chi connectivity index (χ2n) is 4.17. The van der Waals surface area contributed by atoms with Gasteiger partial charge in [0.05, 0.1) is 16.8 Å². The van der Waals surface area contributed by atoms with Crippen LogP contribution in [0.5, 0.6) is 0 Å². The number of rotatable bonds is 3. The first-order valence-corrected chi connectivity index (χ1v) is 5.78. The van der Waals surface area contributed by atoms with E-state index < -0.39 is 29.1 Å². The van der Waals surface area contributed by atoms with Crippen LogP contribution in [-0.2, 0) is 0 Å². The molecule has 4 N–H and O–H groups in total. The van der Waals surface area contributed by atoms with Crippen molar-refractivity contribution in [3.05, 3.63) is 59.2 Å². The lowest BCUT2D eigenvalue weighted by Crippen LogP contribution is -2.17. The number of nitrogens with one attached hydrogen (secondary N) is 1. The van der Waals surface area contributed by atoms with Crippen LogP contribution in [0.3, 0.4) is 0 Å². The molecular formula is C14H10F2N2O3. The van der Waals surface area contributed by atoms with Gasteiger partial charge in [-0.1, -0.05) is 6.07 Å². The van der Waals surface area contributed by atoms with Crippen LogP contribution in [0.1, 0.15) is 20.7 Å². The highest BCUT2D eigenvalue weighted by atomic mass is 19.2. The molecule has 0 saturated carbocycles. The normalized spacial score (nSPS) is 10.2. The molecule has 0 bridgehead atoms. The molecule has 0 radical (unpaired) electrons. The van der Waals surface area contributed by atoms with Gasteiger partial charge in [-0.2, -0.15) is 0 Å². The molecule has 0 heterocycles. The number of carbonyl (C=O) groups excluding carboxylic acids is 1. The molecule has 0 saturated heterocycles. The molecule has 0 unspecified atom stereocenters. The van der Waals surface area contributed by atoms with Crippen LogP contribution in [-0.4, -0.2) is 17.0 Å². The largest absolute Gasteiger partial charge is 0.478 e. The molecule has 0 aliphatic heterocycles. The molecule has 0 fully saturated rings. The third kappa shape index (κ3) is 2.97. The molecule has 0 aliphatic rings. The van der Waals surface area contributed by atoms with Crippen molar-refractivity contribution < 1.29 is 23.5 Å². The number of carbonyl (C=O) groups is 2. The molecule has 5 nitrogen and oxygen atoms in total. The Balaban J connectivity index is 2.38. The Morgan fingerprint density at radius 1 is 1.10 bits per heavy atom. The topological polar surface area (TPSA) is 92.4 Å². The van der Waals surface area contributed by atoms with Crippen molar-refractivity contribution >= 4 is 23.3 Å². The van der Waals surface area contributed by atoms with E-state index in [1.807, 2.05) is 0 Å². The predicted molar refractivity (Wildman–Crippen MR) is 72.1 cm³/mol. The molecule has 0 aliphatic carbocycles. The summed E-state index contributed by atoms with van der Waals surface area (Å²) in [5.41, 5.74) is 4.89. The number of carboxylic acids is 1. The van der Waals surface area contributed by atoms with Gasteiger partial charge >= 0.3 is 5.97 Å². The summed E-state index contributed by atoms with van der Waals surface area (Å²) in [6.07, 6.45) is 0. The fraction of sp³-hybridized carbons (Fsp3) is 0. The Morgan fingerprint density at radius 2 is 1.81 bits per heavy atom. The van der Waals surface area contributed by atoms with E-state index in [1.165, 1.54) is 24.3 Å². The summed E-state index contributed by atoms with van der Waals surface area (Å²) in [6, 6.07) is 6.90. The zero-order valence-corrected chi connectivity index (χ0v) is 10.6. The number of nitrogen functional groups attached to an aromatic ring is 1. The van der Waals surface area contributed by atoms with Crippen LogP contribution in [0.25, 0.3) is 0 Å². The van der Waals surface area contributed by atoms with Crippen LogP contribution in [0.2, 0.25) is 0 Å². The second kappa shape index (κ2) is 5.58. The van der Waals surface area contributed by atoms with Gasteiger partial charge < -0.3 is 16.2 Å². The van der Waals surface area contributed by atoms with Crippen LogP contribution in [0.15, 0.2) is 36.4 Å². The van der Waals surface area contributed by atoms with Crippen molar-refractivity contribution in [3.8, 4) is 0 Å². The minimum Gasteiger partial charge on any atom is -0.478 e. The highest BCUT2D eigenvalue weighted by molar-refractivity contribution is 6.08. The Kier molecular flexibility index (Phi) is 3.84. The molecular weight excluding hydrogens is 282 g/mol. The lowest BCUT2D eigenvalue weighted by Gasteiger charge is -2.10. The molecule has 0 atom stereocenters. The predicted octanol–water partition coefficient (Wildman–Crippen LogP) is 2.50. The SMILES string of the molecule is Nc1ccc(C(=O)O)c(NC(=O)c2cccc(F)c2F)c1.